The molecule has 1 aromatic rings. The summed E-state index contributed by atoms with van der Waals surface area (Å²) in [7, 11) is 0. The van der Waals surface area contributed by atoms with Crippen molar-refractivity contribution < 1.29 is 28.2 Å². The van der Waals surface area contributed by atoms with Crippen LogP contribution in [0, 0.1) is 11.8 Å². The molecular weight excluding hydrogens is 399 g/mol. The molecule has 1 aliphatic rings. The van der Waals surface area contributed by atoms with Crippen LogP contribution in [0.25, 0.3) is 5.57 Å². The number of carbonyl (C=O) groups excluding carboxylic acids is 1. The molecule has 162 valence electrons. The highest BCUT2D eigenvalue weighted by Crippen LogP contribution is 2.35. The van der Waals surface area contributed by atoms with E-state index >= 15 is 0 Å². The highest BCUT2D eigenvalue weighted by molar-refractivity contribution is 6.10. The zero-order valence-corrected chi connectivity index (χ0v) is 16.9. The van der Waals surface area contributed by atoms with Crippen LogP contribution in [0.15, 0.2) is 29.4 Å². The van der Waals surface area contributed by atoms with Crippen molar-refractivity contribution in [3.05, 3.63) is 41.1 Å². The smallest absolute Gasteiger partial charge is 0.404 e. The van der Waals surface area contributed by atoms with E-state index in [0.29, 0.717) is 0 Å². The molecule has 0 radical (unpaired) electrons. The zero-order chi connectivity index (χ0) is 22.7. The van der Waals surface area contributed by atoms with E-state index in [9.17, 15) is 28.2 Å². The lowest BCUT2D eigenvalue weighted by Crippen LogP contribution is -2.28. The molecule has 1 aromatic carbocycles. The van der Waals surface area contributed by atoms with Gasteiger partial charge in [-0.15, -0.1) is 0 Å². The molecule has 4 N–H and O–H groups in total. The fraction of sp³-hybridized carbons (Fsp3) is 0.429. The Balaban J connectivity index is 2.36. The predicted molar refractivity (Wildman–Crippen MR) is 107 cm³/mol. The van der Waals surface area contributed by atoms with Gasteiger partial charge in [0.15, 0.2) is 0 Å². The number of halogens is 3. The number of hydrogen-bond acceptors (Lipinski definition) is 5. The minimum absolute atomic E-state index is 0.0103. The van der Waals surface area contributed by atoms with E-state index in [1.165, 1.54) is 18.3 Å². The lowest BCUT2D eigenvalue weighted by Gasteiger charge is -2.15. The molecule has 1 aliphatic heterocycles. The van der Waals surface area contributed by atoms with Gasteiger partial charge in [-0.25, -0.2) is 0 Å². The lowest BCUT2D eigenvalue weighted by molar-refractivity contribution is -0.137. The quantitative estimate of drug-likeness (QED) is 0.499. The molecule has 0 bridgehead atoms. The summed E-state index contributed by atoms with van der Waals surface area (Å²) in [5.74, 6) is 3.97. The number of β-amino-alcohol motifs (C(OH)–C–C–N with tert-alkyl or cyclic N) is 2. The molecule has 1 amide bonds. The maximum atomic E-state index is 13.6. The van der Waals surface area contributed by atoms with Gasteiger partial charge in [-0.05, 0) is 38.5 Å². The summed E-state index contributed by atoms with van der Waals surface area (Å²) in [6, 6.07) is 3.43. The maximum Gasteiger partial charge on any atom is 0.417 e. The first-order chi connectivity index (χ1) is 13.8. The second kappa shape index (κ2) is 8.90. The number of nitrogens with two attached hydrogens (primary N) is 1. The van der Waals surface area contributed by atoms with Crippen LogP contribution in [0.5, 0.6) is 0 Å². The Bertz CT molecular complexity index is 911. The molecule has 6 nitrogen and oxygen atoms in total. The Labute approximate surface area is 172 Å². The molecular formula is C21H24F3N3O3. The van der Waals surface area contributed by atoms with Crippen molar-refractivity contribution in [2.75, 3.05) is 13.1 Å². The number of hydrogen-bond donors (Lipinski definition) is 3. The molecule has 1 fully saturated rings. The van der Waals surface area contributed by atoms with Crippen LogP contribution < -0.4 is 5.73 Å². The molecule has 2 atom stereocenters. The van der Waals surface area contributed by atoms with Crippen LogP contribution in [-0.4, -0.2) is 58.1 Å². The minimum Gasteiger partial charge on any atom is -0.404 e. The van der Waals surface area contributed by atoms with E-state index in [-0.39, 0.29) is 29.8 Å². The molecule has 9 heteroatoms. The average molecular weight is 423 g/mol. The van der Waals surface area contributed by atoms with Gasteiger partial charge < -0.3 is 20.8 Å². The van der Waals surface area contributed by atoms with Crippen molar-refractivity contribution in [2.45, 2.75) is 44.7 Å². The molecule has 1 saturated heterocycles. The van der Waals surface area contributed by atoms with Crippen LogP contribution in [0.3, 0.4) is 0 Å². The van der Waals surface area contributed by atoms with Crippen LogP contribution in [0.4, 0.5) is 13.2 Å². The molecule has 0 aliphatic carbocycles. The van der Waals surface area contributed by atoms with Gasteiger partial charge in [0.05, 0.1) is 36.4 Å². The SMILES string of the molecule is CC(C)(C)N=CC(=CN)c1ccc(C#CC(=O)N2C[C@@H](O)[C@@H](O)C2)cc1C(F)(F)F. The van der Waals surface area contributed by atoms with Gasteiger partial charge in [-0.3, -0.25) is 9.79 Å². The Morgan fingerprint density at radius 3 is 2.33 bits per heavy atom. The van der Waals surface area contributed by atoms with Crippen molar-refractivity contribution in [1.29, 1.82) is 0 Å². The van der Waals surface area contributed by atoms with E-state index in [4.69, 9.17) is 5.73 Å². The summed E-state index contributed by atoms with van der Waals surface area (Å²) in [5.41, 5.74) is 4.03. The summed E-state index contributed by atoms with van der Waals surface area (Å²) in [6.07, 6.45) is -4.46. The monoisotopic (exact) mass is 423 g/mol. The summed E-state index contributed by atoms with van der Waals surface area (Å²) in [6.45, 7) is 5.24. The van der Waals surface area contributed by atoms with Crippen molar-refractivity contribution in [3.63, 3.8) is 0 Å². The molecule has 30 heavy (non-hydrogen) atoms. The van der Waals surface area contributed by atoms with Gasteiger partial charge in [-0.2, -0.15) is 13.2 Å². The molecule has 0 spiro atoms. The van der Waals surface area contributed by atoms with Crippen LogP contribution in [-0.2, 0) is 11.0 Å². The van der Waals surface area contributed by atoms with E-state index < -0.39 is 35.4 Å². The second-order valence-electron chi connectivity index (χ2n) is 7.90. The number of aliphatic imine (C=N–C) groups is 1. The number of likely N-dealkylation sites (tertiary alicyclic amines) is 1. The number of aliphatic hydroxyl groups is 2. The first-order valence-corrected chi connectivity index (χ1v) is 9.17. The van der Waals surface area contributed by atoms with Gasteiger partial charge in [0, 0.05) is 29.5 Å². The minimum atomic E-state index is -4.68. The zero-order valence-electron chi connectivity index (χ0n) is 16.9. The number of benzene rings is 1. The first kappa shape index (κ1) is 23.4. The number of nitrogens with zero attached hydrogens (tertiary/aromatic N) is 2. The van der Waals surface area contributed by atoms with Gasteiger partial charge in [0.1, 0.15) is 0 Å². The van der Waals surface area contributed by atoms with Crippen LogP contribution >= 0.6 is 0 Å². The number of amides is 1. The predicted octanol–water partition coefficient (Wildman–Crippen LogP) is 1.79. The first-order valence-electron chi connectivity index (χ1n) is 9.17. The van der Waals surface area contributed by atoms with Gasteiger partial charge in [-0.1, -0.05) is 12.0 Å². The van der Waals surface area contributed by atoms with Crippen LogP contribution in [0.1, 0.15) is 37.5 Å². The Morgan fingerprint density at radius 2 is 1.83 bits per heavy atom. The van der Waals surface area contributed by atoms with Crippen LogP contribution in [0.2, 0.25) is 0 Å². The number of rotatable bonds is 2. The number of carbonyl (C=O) groups is 1. The molecule has 2 rings (SSSR count). The van der Waals surface area contributed by atoms with Gasteiger partial charge in [0.25, 0.3) is 5.91 Å². The number of aliphatic hydroxyl groups excluding tert-OH is 2. The molecule has 0 unspecified atom stereocenters. The number of allylic oxidation sites excluding steroid dienone is 1. The van der Waals surface area contributed by atoms with Crippen molar-refractivity contribution in [3.8, 4) is 11.8 Å². The Kier molecular flexibility index (Phi) is 6.95. The fourth-order valence-corrected chi connectivity index (χ4v) is 2.71. The number of alkyl halides is 3. The van der Waals surface area contributed by atoms with Gasteiger partial charge >= 0.3 is 6.18 Å². The third-order valence-electron chi connectivity index (χ3n) is 4.27. The van der Waals surface area contributed by atoms with E-state index in [1.54, 1.807) is 20.8 Å². The Morgan fingerprint density at radius 1 is 1.23 bits per heavy atom. The largest absolute Gasteiger partial charge is 0.417 e. The molecule has 0 aromatic heterocycles. The molecule has 0 saturated carbocycles. The molecule has 1 heterocycles. The van der Waals surface area contributed by atoms with E-state index in [0.717, 1.165) is 17.2 Å². The summed E-state index contributed by atoms with van der Waals surface area (Å²) < 4.78 is 40.9. The topological polar surface area (TPSA) is 99.2 Å². The van der Waals surface area contributed by atoms with E-state index in [2.05, 4.69) is 16.8 Å². The standard InChI is InChI=1S/C21H24F3N3O3/c1-20(2,3)26-10-14(9-25)15-6-4-13(8-16(15)21(22,23)24)5-7-19(30)27-11-17(28)18(29)12-27/h4,6,8-10,17-18,28-29H,11-12,25H2,1-3H3/t17-,18+. The van der Waals surface area contributed by atoms with Crippen molar-refractivity contribution in [1.82, 2.24) is 4.90 Å². The third kappa shape index (κ3) is 6.08. The lowest BCUT2D eigenvalue weighted by atomic mass is 9.97. The van der Waals surface area contributed by atoms with E-state index in [1.807, 2.05) is 0 Å². The average Bonchev–Trinajstić information content (AvgIpc) is 2.98. The summed E-state index contributed by atoms with van der Waals surface area (Å²) in [5, 5.41) is 19.0. The van der Waals surface area contributed by atoms with Gasteiger partial charge in [0.2, 0.25) is 0 Å². The highest BCUT2D eigenvalue weighted by atomic mass is 19.4. The summed E-state index contributed by atoms with van der Waals surface area (Å²) >= 11 is 0. The summed E-state index contributed by atoms with van der Waals surface area (Å²) in [4.78, 5) is 17.4. The Hall–Kier alpha value is -2.83. The maximum absolute atomic E-state index is 13.6. The second-order valence-corrected chi connectivity index (χ2v) is 7.90. The highest BCUT2D eigenvalue weighted by Gasteiger charge is 2.34. The van der Waals surface area contributed by atoms with Crippen molar-refractivity contribution >= 4 is 17.7 Å². The fourth-order valence-electron chi connectivity index (χ4n) is 2.71. The normalized spacial score (nSPS) is 20.4. The van der Waals surface area contributed by atoms with Crippen molar-refractivity contribution in [2.24, 2.45) is 10.7 Å². The third-order valence-corrected chi connectivity index (χ3v) is 4.27.